The van der Waals surface area contributed by atoms with Gasteiger partial charge in [-0.05, 0) is 12.1 Å². The van der Waals surface area contributed by atoms with Crippen LogP contribution >= 0.6 is 11.6 Å². The van der Waals surface area contributed by atoms with Crippen molar-refractivity contribution >= 4 is 23.2 Å². The Morgan fingerprint density at radius 3 is 3.06 bits per heavy atom. The zero-order valence-electron chi connectivity index (χ0n) is 9.01. The molecule has 2 aromatic rings. The van der Waals surface area contributed by atoms with Crippen molar-refractivity contribution in [2.45, 2.75) is 13.0 Å². The van der Waals surface area contributed by atoms with E-state index in [-0.39, 0.29) is 5.91 Å². The molecular weight excluding hydrogens is 240 g/mol. The molecule has 0 saturated carbocycles. The van der Waals surface area contributed by atoms with Crippen LogP contribution in [-0.4, -0.2) is 20.7 Å². The van der Waals surface area contributed by atoms with E-state index in [0.717, 1.165) is 0 Å². The van der Waals surface area contributed by atoms with Crippen LogP contribution in [0.1, 0.15) is 6.42 Å². The first-order valence-electron chi connectivity index (χ1n) is 5.12. The molecule has 0 unspecified atom stereocenters. The van der Waals surface area contributed by atoms with E-state index in [0.29, 0.717) is 23.7 Å². The number of carbonyl (C=O) groups is 1. The zero-order valence-corrected chi connectivity index (χ0v) is 9.76. The Labute approximate surface area is 103 Å². The number of pyridine rings is 1. The van der Waals surface area contributed by atoms with E-state index in [1.54, 1.807) is 23.1 Å². The summed E-state index contributed by atoms with van der Waals surface area (Å²) in [5.74, 6) is -0.115. The van der Waals surface area contributed by atoms with E-state index >= 15 is 0 Å². The zero-order chi connectivity index (χ0) is 12.1. The van der Waals surface area contributed by atoms with Crippen LogP contribution in [0.15, 0.2) is 36.9 Å². The lowest BCUT2D eigenvalue weighted by atomic mass is 10.3. The number of hydrogen-bond donors (Lipinski definition) is 1. The molecule has 17 heavy (non-hydrogen) atoms. The van der Waals surface area contributed by atoms with Crippen LogP contribution in [0.4, 0.5) is 5.69 Å². The first-order chi connectivity index (χ1) is 8.25. The number of carbonyl (C=O) groups excluding carboxylic acids is 1. The van der Waals surface area contributed by atoms with Crippen molar-refractivity contribution in [3.63, 3.8) is 0 Å². The third-order valence-corrected chi connectivity index (χ3v) is 2.50. The average molecular weight is 251 g/mol. The highest BCUT2D eigenvalue weighted by molar-refractivity contribution is 6.33. The molecule has 0 aliphatic rings. The fourth-order valence-electron chi connectivity index (χ4n) is 1.33. The van der Waals surface area contributed by atoms with Gasteiger partial charge in [0.2, 0.25) is 5.91 Å². The van der Waals surface area contributed by atoms with E-state index < -0.39 is 0 Å². The molecule has 88 valence electrons. The number of nitrogens with zero attached hydrogens (tertiary/aromatic N) is 3. The summed E-state index contributed by atoms with van der Waals surface area (Å²) in [5, 5.41) is 7.19. The molecule has 0 bridgehead atoms. The third kappa shape index (κ3) is 3.29. The van der Waals surface area contributed by atoms with E-state index in [2.05, 4.69) is 15.4 Å². The number of anilines is 1. The second-order valence-corrected chi connectivity index (χ2v) is 3.83. The lowest BCUT2D eigenvalue weighted by Crippen LogP contribution is -2.15. The normalized spacial score (nSPS) is 10.2. The molecule has 0 spiro atoms. The predicted molar refractivity (Wildman–Crippen MR) is 64.7 cm³/mol. The van der Waals surface area contributed by atoms with Gasteiger partial charge in [-0.3, -0.25) is 14.5 Å². The maximum absolute atomic E-state index is 11.6. The van der Waals surface area contributed by atoms with E-state index in [1.807, 2.05) is 12.3 Å². The minimum atomic E-state index is -0.115. The first kappa shape index (κ1) is 11.6. The Bertz CT molecular complexity index is 498. The standard InChI is InChI=1S/C11H11ClN4O/c12-9-2-5-13-8-10(9)15-11(17)3-7-16-6-1-4-14-16/h1-2,4-6,8H,3,7H2,(H,15,17). The number of rotatable bonds is 4. The molecular formula is C11H11ClN4O. The summed E-state index contributed by atoms with van der Waals surface area (Å²) in [5.41, 5.74) is 0.527. The molecule has 0 fully saturated rings. The second kappa shape index (κ2) is 5.45. The van der Waals surface area contributed by atoms with Crippen molar-refractivity contribution in [1.29, 1.82) is 0 Å². The first-order valence-corrected chi connectivity index (χ1v) is 5.50. The number of hydrogen-bond acceptors (Lipinski definition) is 3. The smallest absolute Gasteiger partial charge is 0.226 e. The van der Waals surface area contributed by atoms with Gasteiger partial charge in [0.15, 0.2) is 0 Å². The van der Waals surface area contributed by atoms with Gasteiger partial charge in [-0.25, -0.2) is 0 Å². The van der Waals surface area contributed by atoms with Crippen LogP contribution in [0.5, 0.6) is 0 Å². The van der Waals surface area contributed by atoms with Crippen LogP contribution in [0.3, 0.4) is 0 Å². The third-order valence-electron chi connectivity index (χ3n) is 2.17. The summed E-state index contributed by atoms with van der Waals surface area (Å²) < 4.78 is 1.70. The molecule has 0 aromatic carbocycles. The summed E-state index contributed by atoms with van der Waals surface area (Å²) >= 11 is 5.90. The minimum Gasteiger partial charge on any atom is -0.323 e. The lowest BCUT2D eigenvalue weighted by Gasteiger charge is -2.06. The monoisotopic (exact) mass is 250 g/mol. The molecule has 0 saturated heterocycles. The van der Waals surface area contributed by atoms with Crippen molar-refractivity contribution in [3.05, 3.63) is 41.9 Å². The lowest BCUT2D eigenvalue weighted by molar-refractivity contribution is -0.116. The summed E-state index contributed by atoms with van der Waals surface area (Å²) in [4.78, 5) is 15.5. The Morgan fingerprint density at radius 1 is 1.47 bits per heavy atom. The summed E-state index contributed by atoms with van der Waals surface area (Å²) in [6, 6.07) is 3.44. The predicted octanol–water partition coefficient (Wildman–Crippen LogP) is 1.96. The number of aryl methyl sites for hydroxylation is 1. The van der Waals surface area contributed by atoms with E-state index in [9.17, 15) is 4.79 Å². The van der Waals surface area contributed by atoms with Crippen molar-refractivity contribution in [2.24, 2.45) is 0 Å². The maximum Gasteiger partial charge on any atom is 0.226 e. The molecule has 0 atom stereocenters. The molecule has 1 amide bonds. The molecule has 5 nitrogen and oxygen atoms in total. The molecule has 2 rings (SSSR count). The fraction of sp³-hybridized carbons (Fsp3) is 0.182. The molecule has 0 radical (unpaired) electrons. The maximum atomic E-state index is 11.6. The van der Waals surface area contributed by atoms with E-state index in [4.69, 9.17) is 11.6 Å². The highest BCUT2D eigenvalue weighted by atomic mass is 35.5. The number of aromatic nitrogens is 3. The topological polar surface area (TPSA) is 59.8 Å². The fourth-order valence-corrected chi connectivity index (χ4v) is 1.48. The second-order valence-electron chi connectivity index (χ2n) is 3.42. The van der Waals surface area contributed by atoms with Crippen molar-refractivity contribution in [2.75, 3.05) is 5.32 Å². The van der Waals surface area contributed by atoms with Crippen LogP contribution in [0.25, 0.3) is 0 Å². The van der Waals surface area contributed by atoms with Crippen LogP contribution < -0.4 is 5.32 Å². The number of amides is 1. The Morgan fingerprint density at radius 2 is 2.35 bits per heavy atom. The van der Waals surface area contributed by atoms with Crippen molar-refractivity contribution < 1.29 is 4.79 Å². The van der Waals surface area contributed by atoms with Crippen LogP contribution in [-0.2, 0) is 11.3 Å². The average Bonchev–Trinajstić information content (AvgIpc) is 2.82. The van der Waals surface area contributed by atoms with Crippen LogP contribution in [0, 0.1) is 0 Å². The number of nitrogens with one attached hydrogen (secondary N) is 1. The molecule has 0 aliphatic carbocycles. The molecule has 2 heterocycles. The number of halogens is 1. The van der Waals surface area contributed by atoms with Gasteiger partial charge in [0.05, 0.1) is 16.9 Å². The summed E-state index contributed by atoms with van der Waals surface area (Å²) in [6.45, 7) is 0.538. The quantitative estimate of drug-likeness (QED) is 0.902. The Hall–Kier alpha value is -1.88. The molecule has 1 N–H and O–H groups in total. The van der Waals surface area contributed by atoms with E-state index in [1.165, 1.54) is 6.20 Å². The van der Waals surface area contributed by atoms with Gasteiger partial charge in [0.25, 0.3) is 0 Å². The van der Waals surface area contributed by atoms with Gasteiger partial charge < -0.3 is 5.32 Å². The van der Waals surface area contributed by atoms with Crippen LogP contribution in [0.2, 0.25) is 5.02 Å². The molecule has 2 aromatic heterocycles. The Kier molecular flexibility index (Phi) is 3.72. The highest BCUT2D eigenvalue weighted by Crippen LogP contribution is 2.19. The van der Waals surface area contributed by atoms with Gasteiger partial charge in [0.1, 0.15) is 0 Å². The summed E-state index contributed by atoms with van der Waals surface area (Å²) in [6.07, 6.45) is 6.92. The van der Waals surface area contributed by atoms with Crippen molar-refractivity contribution in [3.8, 4) is 0 Å². The summed E-state index contributed by atoms with van der Waals surface area (Å²) in [7, 11) is 0. The minimum absolute atomic E-state index is 0.115. The van der Waals surface area contributed by atoms with Gasteiger partial charge in [-0.2, -0.15) is 5.10 Å². The molecule has 0 aliphatic heterocycles. The van der Waals surface area contributed by atoms with Gasteiger partial charge in [0, 0.05) is 31.6 Å². The largest absolute Gasteiger partial charge is 0.323 e. The SMILES string of the molecule is O=C(CCn1cccn1)Nc1cnccc1Cl. The molecule has 6 heteroatoms. The Balaban J connectivity index is 1.87. The van der Waals surface area contributed by atoms with Gasteiger partial charge in [-0.1, -0.05) is 11.6 Å². The highest BCUT2D eigenvalue weighted by Gasteiger charge is 2.05. The van der Waals surface area contributed by atoms with Gasteiger partial charge >= 0.3 is 0 Å². The van der Waals surface area contributed by atoms with Crippen molar-refractivity contribution in [1.82, 2.24) is 14.8 Å². The van der Waals surface area contributed by atoms with Gasteiger partial charge in [-0.15, -0.1) is 0 Å².